The minimum atomic E-state index is -1.15. The van der Waals surface area contributed by atoms with Gasteiger partial charge in [0, 0.05) is 12.8 Å². The lowest BCUT2D eigenvalue weighted by Gasteiger charge is -2.31. The molecule has 35 heavy (non-hydrogen) atoms. The third kappa shape index (κ3) is 8.63. The summed E-state index contributed by atoms with van der Waals surface area (Å²) in [4.78, 5) is 75.1. The van der Waals surface area contributed by atoms with Crippen LogP contribution in [0.3, 0.4) is 0 Å². The summed E-state index contributed by atoms with van der Waals surface area (Å²) >= 11 is 0. The van der Waals surface area contributed by atoms with Crippen molar-refractivity contribution in [2.45, 2.75) is 104 Å². The van der Waals surface area contributed by atoms with Gasteiger partial charge in [-0.3, -0.25) is 29.4 Å². The number of ketones is 1. The molecule has 1 heterocycles. The summed E-state index contributed by atoms with van der Waals surface area (Å²) in [5.41, 5.74) is 1.34. The number of amides is 5. The van der Waals surface area contributed by atoms with Crippen LogP contribution >= 0.6 is 0 Å². The number of hydrogen-bond acceptors (Lipinski definition) is 7. The van der Waals surface area contributed by atoms with Gasteiger partial charge in [-0.05, 0) is 51.9 Å². The number of alkyl carbamates (subject to hydrolysis) is 1. The molecule has 11 nitrogen and oxygen atoms in total. The summed E-state index contributed by atoms with van der Waals surface area (Å²) in [6, 6.07) is -2.13. The van der Waals surface area contributed by atoms with E-state index in [0.717, 1.165) is 19.3 Å². The second-order valence-electron chi connectivity index (χ2n) is 10.6. The lowest BCUT2D eigenvalue weighted by Crippen LogP contribution is -2.58. The van der Waals surface area contributed by atoms with Crippen molar-refractivity contribution < 1.29 is 33.5 Å². The number of nitrogens with zero attached hydrogens (tertiary/aromatic N) is 1. The van der Waals surface area contributed by atoms with E-state index in [0.29, 0.717) is 24.3 Å². The fourth-order valence-corrected chi connectivity index (χ4v) is 4.27. The first-order chi connectivity index (χ1) is 16.3. The number of hydrazine groups is 1. The second-order valence-corrected chi connectivity index (χ2v) is 10.6. The Balaban J connectivity index is 2.18. The summed E-state index contributed by atoms with van der Waals surface area (Å²) in [7, 11) is 0. The second kappa shape index (κ2) is 12.1. The number of rotatable bonds is 9. The van der Waals surface area contributed by atoms with Crippen LogP contribution in [0.1, 0.15) is 86.0 Å². The molecule has 2 rings (SSSR count). The van der Waals surface area contributed by atoms with Crippen molar-refractivity contribution >= 4 is 35.5 Å². The molecule has 3 N–H and O–H groups in total. The SMILES string of the molecule is CC(C)C[C@H](NC(=O)OC(C)(C)C)C(=O)NC(C(=O)C(=O)NN1C(=O)CCC1=O)C1CCCCC1. The molecule has 1 aliphatic carbocycles. The lowest BCUT2D eigenvalue weighted by atomic mass is 9.82. The van der Waals surface area contributed by atoms with Crippen molar-refractivity contribution in [1.29, 1.82) is 0 Å². The van der Waals surface area contributed by atoms with E-state index in [2.05, 4.69) is 16.1 Å². The monoisotopic (exact) mass is 494 g/mol. The quantitative estimate of drug-likeness (QED) is 0.326. The Morgan fingerprint density at radius 1 is 0.971 bits per heavy atom. The van der Waals surface area contributed by atoms with E-state index >= 15 is 0 Å². The summed E-state index contributed by atoms with van der Waals surface area (Å²) in [6.45, 7) is 8.89. The fraction of sp³-hybridized carbons (Fsp3) is 0.750. The average Bonchev–Trinajstić information content (AvgIpc) is 3.07. The summed E-state index contributed by atoms with van der Waals surface area (Å²) < 4.78 is 5.27. The number of nitrogens with one attached hydrogen (secondary N) is 3. The molecular formula is C24H38N4O7. The highest BCUT2D eigenvalue weighted by Gasteiger charge is 2.39. The predicted octanol–water partition coefficient (Wildman–Crippen LogP) is 1.74. The van der Waals surface area contributed by atoms with Gasteiger partial charge < -0.3 is 15.4 Å². The summed E-state index contributed by atoms with van der Waals surface area (Å²) in [5, 5.41) is 5.81. The zero-order valence-electron chi connectivity index (χ0n) is 21.3. The van der Waals surface area contributed by atoms with Crippen molar-refractivity contribution in [3.63, 3.8) is 0 Å². The number of carbonyl (C=O) groups is 6. The van der Waals surface area contributed by atoms with Crippen LogP contribution in [0, 0.1) is 11.8 Å². The molecule has 1 saturated carbocycles. The zero-order chi connectivity index (χ0) is 26.3. The van der Waals surface area contributed by atoms with Gasteiger partial charge >= 0.3 is 12.0 Å². The Labute approximate surface area is 206 Å². The van der Waals surface area contributed by atoms with Crippen LogP contribution in [0.25, 0.3) is 0 Å². The van der Waals surface area contributed by atoms with Gasteiger partial charge in [0.05, 0.1) is 0 Å². The van der Waals surface area contributed by atoms with Gasteiger partial charge in [-0.25, -0.2) is 4.79 Å². The molecule has 0 bridgehead atoms. The Hall–Kier alpha value is -2.98. The maximum atomic E-state index is 13.2. The molecule has 2 aliphatic rings. The number of imide groups is 1. The number of ether oxygens (including phenoxy) is 1. The lowest BCUT2D eigenvalue weighted by molar-refractivity contribution is -0.151. The third-order valence-electron chi connectivity index (χ3n) is 5.90. The van der Waals surface area contributed by atoms with E-state index in [1.54, 1.807) is 20.8 Å². The molecule has 1 aliphatic heterocycles. The van der Waals surface area contributed by atoms with Crippen LogP contribution in [0.2, 0.25) is 0 Å². The minimum Gasteiger partial charge on any atom is -0.444 e. The van der Waals surface area contributed by atoms with Gasteiger partial charge in [-0.1, -0.05) is 33.1 Å². The largest absolute Gasteiger partial charge is 0.444 e. The third-order valence-corrected chi connectivity index (χ3v) is 5.90. The van der Waals surface area contributed by atoms with Gasteiger partial charge in [0.2, 0.25) is 23.5 Å². The molecule has 0 aromatic rings. The van der Waals surface area contributed by atoms with Crippen LogP contribution in [0.4, 0.5) is 4.79 Å². The molecule has 11 heteroatoms. The normalized spacial score (nSPS) is 18.7. The van der Waals surface area contributed by atoms with Crippen LogP contribution in [-0.2, 0) is 28.7 Å². The summed E-state index contributed by atoms with van der Waals surface area (Å²) in [6.07, 6.45) is 3.42. The van der Waals surface area contributed by atoms with E-state index in [1.807, 2.05) is 13.8 Å². The Kier molecular flexibility index (Phi) is 9.79. The zero-order valence-corrected chi connectivity index (χ0v) is 21.3. The molecule has 0 radical (unpaired) electrons. The molecular weight excluding hydrogens is 456 g/mol. The van der Waals surface area contributed by atoms with Crippen molar-refractivity contribution in [1.82, 2.24) is 21.1 Å². The van der Waals surface area contributed by atoms with Crippen LogP contribution in [-0.4, -0.2) is 58.2 Å². The van der Waals surface area contributed by atoms with E-state index in [1.165, 1.54) is 0 Å². The van der Waals surface area contributed by atoms with Crippen molar-refractivity contribution in [3.05, 3.63) is 0 Å². The smallest absolute Gasteiger partial charge is 0.408 e. The maximum Gasteiger partial charge on any atom is 0.408 e. The standard InChI is InChI=1S/C24H38N4O7/c1-14(2)13-16(25-23(34)35-24(3,4)5)21(32)26-19(15-9-7-6-8-10-15)20(31)22(33)27-28-17(29)11-12-18(28)30/h14-16,19H,6-13H2,1-5H3,(H,25,34)(H,26,32)(H,27,33)/t16-,19?/m0/s1. The topological polar surface area (TPSA) is 151 Å². The van der Waals surface area contributed by atoms with E-state index in [4.69, 9.17) is 4.74 Å². The number of hydrogen-bond donors (Lipinski definition) is 3. The number of Topliss-reactive ketones (excluding diaryl/α,β-unsaturated/α-hetero) is 1. The van der Waals surface area contributed by atoms with Gasteiger partial charge in [0.25, 0.3) is 0 Å². The first kappa shape index (κ1) is 28.3. The molecule has 2 atom stereocenters. The number of carbonyl (C=O) groups excluding carboxylic acids is 6. The van der Waals surface area contributed by atoms with E-state index in [-0.39, 0.29) is 24.7 Å². The molecule has 1 saturated heterocycles. The first-order valence-electron chi connectivity index (χ1n) is 12.3. The maximum absolute atomic E-state index is 13.2. The highest BCUT2D eigenvalue weighted by molar-refractivity contribution is 6.39. The van der Waals surface area contributed by atoms with Gasteiger partial charge in [0.1, 0.15) is 17.7 Å². The molecule has 196 valence electrons. The minimum absolute atomic E-state index is 0.0384. The molecule has 2 fully saturated rings. The van der Waals surface area contributed by atoms with Crippen molar-refractivity contribution in [3.8, 4) is 0 Å². The molecule has 0 spiro atoms. The van der Waals surface area contributed by atoms with Crippen molar-refractivity contribution in [2.24, 2.45) is 11.8 Å². The van der Waals surface area contributed by atoms with Crippen LogP contribution < -0.4 is 16.1 Å². The summed E-state index contributed by atoms with van der Waals surface area (Å²) in [5.74, 6) is -4.09. The molecule has 0 aromatic heterocycles. The first-order valence-corrected chi connectivity index (χ1v) is 12.3. The molecule has 5 amide bonds. The molecule has 0 aromatic carbocycles. The van der Waals surface area contributed by atoms with Crippen LogP contribution in [0.15, 0.2) is 0 Å². The van der Waals surface area contributed by atoms with Crippen molar-refractivity contribution in [2.75, 3.05) is 0 Å². The predicted molar refractivity (Wildman–Crippen MR) is 125 cm³/mol. The van der Waals surface area contributed by atoms with E-state index in [9.17, 15) is 28.8 Å². The van der Waals surface area contributed by atoms with Gasteiger partial charge in [0.15, 0.2) is 0 Å². The van der Waals surface area contributed by atoms with Gasteiger partial charge in [-0.15, -0.1) is 0 Å². The Morgan fingerprint density at radius 2 is 1.54 bits per heavy atom. The highest BCUT2D eigenvalue weighted by atomic mass is 16.6. The highest BCUT2D eigenvalue weighted by Crippen LogP contribution is 2.27. The molecule has 1 unspecified atom stereocenters. The van der Waals surface area contributed by atoms with Crippen LogP contribution in [0.5, 0.6) is 0 Å². The fourth-order valence-electron chi connectivity index (χ4n) is 4.27. The van der Waals surface area contributed by atoms with Gasteiger partial charge in [-0.2, -0.15) is 5.01 Å². The Bertz CT molecular complexity index is 827. The van der Waals surface area contributed by atoms with E-state index < -0.39 is 53.2 Å². The Morgan fingerprint density at radius 3 is 2.06 bits per heavy atom. The average molecular weight is 495 g/mol.